The van der Waals surface area contributed by atoms with Crippen molar-refractivity contribution in [2.45, 2.75) is 73.0 Å². The van der Waals surface area contributed by atoms with Gasteiger partial charge < -0.3 is 9.94 Å². The molecule has 2 aromatic heterocycles. The predicted octanol–water partition coefficient (Wildman–Crippen LogP) is 5.35. The predicted molar refractivity (Wildman–Crippen MR) is 146 cm³/mol. The summed E-state index contributed by atoms with van der Waals surface area (Å²) in [5, 5.41) is 18.7. The van der Waals surface area contributed by atoms with E-state index in [1.54, 1.807) is 11.3 Å². The van der Waals surface area contributed by atoms with Gasteiger partial charge in [0.15, 0.2) is 5.82 Å². The molecule has 196 valence electrons. The SMILES string of the molecule is C/C(=C\Cc1ccc(C2=N[C@H](CC(=O)OC(C)(C)C)c3nnc(C)n3-c3sc(C)c(C)c32)cc1)CNO. The average Bonchev–Trinajstić information content (AvgIpc) is 3.29. The number of carbonyl (C=O) groups is 1. The van der Waals surface area contributed by atoms with Gasteiger partial charge in [-0.15, -0.1) is 21.5 Å². The first kappa shape index (κ1) is 26.9. The Hall–Kier alpha value is -3.14. The van der Waals surface area contributed by atoms with Gasteiger partial charge in [-0.05, 0) is 66.0 Å². The minimum absolute atomic E-state index is 0.0763. The molecule has 0 radical (unpaired) electrons. The van der Waals surface area contributed by atoms with Gasteiger partial charge in [0.25, 0.3) is 0 Å². The Bertz CT molecular complexity index is 1360. The number of hydrogen-bond donors (Lipinski definition) is 2. The number of hydroxylamine groups is 1. The van der Waals surface area contributed by atoms with Crippen LogP contribution in [-0.2, 0) is 16.0 Å². The number of aliphatic imine (C=N–C) groups is 1. The van der Waals surface area contributed by atoms with Crippen molar-refractivity contribution in [3.05, 3.63) is 74.7 Å². The molecule has 0 saturated heterocycles. The largest absolute Gasteiger partial charge is 0.460 e. The number of nitrogens with zero attached hydrogens (tertiary/aromatic N) is 4. The monoisotopic (exact) mass is 521 g/mol. The molecule has 0 spiro atoms. The first-order valence-corrected chi connectivity index (χ1v) is 13.2. The quantitative estimate of drug-likeness (QED) is 0.247. The van der Waals surface area contributed by atoms with Crippen LogP contribution in [0.4, 0.5) is 0 Å². The number of nitrogens with one attached hydrogen (secondary N) is 1. The Labute approximate surface area is 222 Å². The number of carbonyl (C=O) groups excluding carboxylic acids is 1. The second-order valence-corrected chi connectivity index (χ2v) is 11.7. The molecule has 3 heterocycles. The lowest BCUT2D eigenvalue weighted by Gasteiger charge is -2.21. The molecular formula is C28H35N5O3S. The number of thiophene rings is 1. The van der Waals surface area contributed by atoms with E-state index in [9.17, 15) is 4.79 Å². The lowest BCUT2D eigenvalue weighted by Crippen LogP contribution is -2.25. The molecule has 0 unspecified atom stereocenters. The second kappa shape index (κ2) is 10.7. The highest BCUT2D eigenvalue weighted by Crippen LogP contribution is 2.39. The van der Waals surface area contributed by atoms with Gasteiger partial charge in [-0.25, -0.2) is 5.48 Å². The number of fused-ring (bicyclic) bond motifs is 3. The molecule has 1 atom stereocenters. The summed E-state index contributed by atoms with van der Waals surface area (Å²) in [5.41, 5.74) is 7.87. The van der Waals surface area contributed by atoms with Gasteiger partial charge in [-0.3, -0.25) is 14.4 Å². The van der Waals surface area contributed by atoms with Crippen LogP contribution in [-0.4, -0.2) is 43.8 Å². The van der Waals surface area contributed by atoms with E-state index in [1.807, 2.05) is 39.2 Å². The molecule has 0 amide bonds. The molecule has 1 aliphatic rings. The molecule has 0 aliphatic carbocycles. The summed E-state index contributed by atoms with van der Waals surface area (Å²) in [4.78, 5) is 19.2. The summed E-state index contributed by atoms with van der Waals surface area (Å²) in [6.07, 6.45) is 2.94. The maximum atomic E-state index is 12.9. The van der Waals surface area contributed by atoms with Crippen molar-refractivity contribution in [1.29, 1.82) is 0 Å². The molecule has 9 heteroatoms. The van der Waals surface area contributed by atoms with Crippen molar-refractivity contribution >= 4 is 23.0 Å². The minimum Gasteiger partial charge on any atom is -0.460 e. The zero-order chi connectivity index (χ0) is 26.9. The van der Waals surface area contributed by atoms with Crippen molar-refractivity contribution in [1.82, 2.24) is 20.2 Å². The molecule has 1 aliphatic heterocycles. The first-order valence-electron chi connectivity index (χ1n) is 12.4. The zero-order valence-electron chi connectivity index (χ0n) is 22.5. The van der Waals surface area contributed by atoms with Gasteiger partial charge in [0, 0.05) is 22.5 Å². The van der Waals surface area contributed by atoms with Crippen LogP contribution >= 0.6 is 11.3 Å². The standard InChI is InChI=1S/C28H35N5O3S/c1-16(15-29-35)8-9-20-10-12-21(13-11-20)25-24-17(2)18(3)37-27(24)33-19(4)31-32-26(33)22(30-25)14-23(34)36-28(5,6)7/h8,10-13,22,29,35H,9,14-15H2,1-7H3/b16-8+/t22-/m1/s1. The highest BCUT2D eigenvalue weighted by Gasteiger charge is 2.33. The third-order valence-corrected chi connectivity index (χ3v) is 7.48. The Balaban J connectivity index is 1.79. The van der Waals surface area contributed by atoms with Crippen molar-refractivity contribution in [3.63, 3.8) is 0 Å². The van der Waals surface area contributed by atoms with E-state index in [0.29, 0.717) is 12.4 Å². The number of aryl methyl sites for hydroxylation is 2. The van der Waals surface area contributed by atoms with Gasteiger partial charge in [0.1, 0.15) is 22.5 Å². The Kier molecular flexibility index (Phi) is 7.77. The summed E-state index contributed by atoms with van der Waals surface area (Å²) in [7, 11) is 0. The number of allylic oxidation sites excluding steroid dienone is 1. The maximum Gasteiger partial charge on any atom is 0.308 e. The fourth-order valence-electron chi connectivity index (χ4n) is 4.35. The fraction of sp³-hybridized carbons (Fsp3) is 0.429. The Morgan fingerprint density at radius 1 is 1.19 bits per heavy atom. The molecule has 0 saturated carbocycles. The summed E-state index contributed by atoms with van der Waals surface area (Å²) >= 11 is 1.69. The van der Waals surface area contributed by atoms with Crippen LogP contribution in [0.15, 0.2) is 40.9 Å². The van der Waals surface area contributed by atoms with E-state index in [1.165, 1.54) is 4.88 Å². The summed E-state index contributed by atoms with van der Waals surface area (Å²) in [6.45, 7) is 14.2. The third kappa shape index (κ3) is 5.89. The van der Waals surface area contributed by atoms with Crippen LogP contribution in [0.2, 0.25) is 0 Å². The summed E-state index contributed by atoms with van der Waals surface area (Å²) in [6, 6.07) is 7.84. The molecule has 37 heavy (non-hydrogen) atoms. The van der Waals surface area contributed by atoms with E-state index >= 15 is 0 Å². The summed E-state index contributed by atoms with van der Waals surface area (Å²) in [5.74, 6) is 1.09. The van der Waals surface area contributed by atoms with Gasteiger partial charge in [-0.1, -0.05) is 35.9 Å². The van der Waals surface area contributed by atoms with E-state index in [4.69, 9.17) is 14.9 Å². The third-order valence-electron chi connectivity index (χ3n) is 6.29. The molecular weight excluding hydrogens is 486 g/mol. The molecule has 8 nitrogen and oxygen atoms in total. The lowest BCUT2D eigenvalue weighted by atomic mass is 9.98. The topological polar surface area (TPSA) is 102 Å². The van der Waals surface area contributed by atoms with Gasteiger partial charge in [-0.2, -0.15) is 0 Å². The van der Waals surface area contributed by atoms with Crippen LogP contribution in [0.3, 0.4) is 0 Å². The minimum atomic E-state index is -0.583. The van der Waals surface area contributed by atoms with Crippen molar-refractivity contribution in [2.75, 3.05) is 6.54 Å². The van der Waals surface area contributed by atoms with Gasteiger partial charge >= 0.3 is 5.97 Å². The van der Waals surface area contributed by atoms with Gasteiger partial charge in [0.05, 0.1) is 12.1 Å². The van der Waals surface area contributed by atoms with E-state index in [-0.39, 0.29) is 12.4 Å². The molecule has 0 bridgehead atoms. The Morgan fingerprint density at radius 2 is 1.89 bits per heavy atom. The molecule has 1 aromatic carbocycles. The molecule has 4 rings (SSSR count). The number of aromatic nitrogens is 3. The lowest BCUT2D eigenvalue weighted by molar-refractivity contribution is -0.155. The fourth-order valence-corrected chi connectivity index (χ4v) is 5.57. The molecule has 3 aromatic rings. The molecule has 2 N–H and O–H groups in total. The van der Waals surface area contributed by atoms with Crippen LogP contribution in [0.1, 0.15) is 78.9 Å². The van der Waals surface area contributed by atoms with E-state index < -0.39 is 11.6 Å². The maximum absolute atomic E-state index is 12.9. The number of rotatable bonds is 7. The number of hydrogen-bond acceptors (Lipinski definition) is 8. The van der Waals surface area contributed by atoms with Crippen LogP contribution in [0, 0.1) is 20.8 Å². The normalized spacial score (nSPS) is 15.6. The smallest absolute Gasteiger partial charge is 0.308 e. The highest BCUT2D eigenvalue weighted by atomic mass is 32.1. The van der Waals surface area contributed by atoms with Crippen molar-refractivity contribution in [2.24, 2.45) is 4.99 Å². The van der Waals surface area contributed by atoms with Crippen LogP contribution in [0.5, 0.6) is 0 Å². The van der Waals surface area contributed by atoms with E-state index in [0.717, 1.165) is 50.8 Å². The van der Waals surface area contributed by atoms with Crippen molar-refractivity contribution < 1.29 is 14.7 Å². The molecule has 0 fully saturated rings. The number of benzene rings is 1. The number of esters is 1. The average molecular weight is 522 g/mol. The van der Waals surface area contributed by atoms with Gasteiger partial charge in [0.2, 0.25) is 0 Å². The summed E-state index contributed by atoms with van der Waals surface area (Å²) < 4.78 is 7.68. The second-order valence-electron chi connectivity index (χ2n) is 10.5. The zero-order valence-corrected chi connectivity index (χ0v) is 23.4. The highest BCUT2D eigenvalue weighted by molar-refractivity contribution is 7.15. The first-order chi connectivity index (χ1) is 17.5. The van der Waals surface area contributed by atoms with E-state index in [2.05, 4.69) is 59.9 Å². The Morgan fingerprint density at radius 3 is 2.54 bits per heavy atom. The van der Waals surface area contributed by atoms with Crippen LogP contribution in [0.25, 0.3) is 5.00 Å². The number of ether oxygens (including phenoxy) is 1. The van der Waals surface area contributed by atoms with Crippen LogP contribution < -0.4 is 5.48 Å². The van der Waals surface area contributed by atoms with Crippen molar-refractivity contribution in [3.8, 4) is 5.00 Å².